The van der Waals surface area contributed by atoms with Gasteiger partial charge in [0.1, 0.15) is 11.8 Å². The van der Waals surface area contributed by atoms with Crippen LogP contribution in [0, 0.1) is 5.92 Å². The molecule has 2 rings (SSSR count). The molecule has 0 spiro atoms. The number of benzene rings is 1. The average molecular weight is 277 g/mol. The van der Waals surface area contributed by atoms with Crippen molar-refractivity contribution in [1.29, 1.82) is 0 Å². The van der Waals surface area contributed by atoms with Crippen molar-refractivity contribution in [3.05, 3.63) is 29.8 Å². The Balaban J connectivity index is 2.07. The van der Waals surface area contributed by atoms with Crippen molar-refractivity contribution >= 4 is 5.97 Å². The van der Waals surface area contributed by atoms with Gasteiger partial charge in [0.05, 0.1) is 13.7 Å². The highest BCUT2D eigenvalue weighted by atomic mass is 16.5. The zero-order valence-corrected chi connectivity index (χ0v) is 12.2. The number of carbonyl (C=O) groups is 1. The first-order valence-corrected chi connectivity index (χ1v) is 7.28. The van der Waals surface area contributed by atoms with Crippen LogP contribution in [-0.4, -0.2) is 26.2 Å². The Morgan fingerprint density at radius 1 is 1.45 bits per heavy atom. The second kappa shape index (κ2) is 7.29. The number of methoxy groups -OCH3 is 1. The fourth-order valence-corrected chi connectivity index (χ4v) is 2.07. The molecule has 0 bridgehead atoms. The maximum Gasteiger partial charge on any atom is 0.327 e. The lowest BCUT2D eigenvalue weighted by molar-refractivity contribution is -0.143. The lowest BCUT2D eigenvalue weighted by Gasteiger charge is -2.17. The lowest BCUT2D eigenvalue weighted by atomic mass is 10.1. The van der Waals surface area contributed by atoms with E-state index in [1.807, 2.05) is 24.3 Å². The Morgan fingerprint density at radius 2 is 2.25 bits per heavy atom. The van der Waals surface area contributed by atoms with Crippen LogP contribution in [0.3, 0.4) is 0 Å². The van der Waals surface area contributed by atoms with Crippen molar-refractivity contribution in [1.82, 2.24) is 5.32 Å². The first kappa shape index (κ1) is 14.9. The summed E-state index contributed by atoms with van der Waals surface area (Å²) in [4.78, 5) is 11.9. The van der Waals surface area contributed by atoms with Crippen molar-refractivity contribution in [2.24, 2.45) is 5.92 Å². The van der Waals surface area contributed by atoms with Gasteiger partial charge in [-0.25, -0.2) is 4.79 Å². The molecular weight excluding hydrogens is 254 g/mol. The van der Waals surface area contributed by atoms with E-state index in [-0.39, 0.29) is 5.97 Å². The third kappa shape index (κ3) is 4.23. The highest BCUT2D eigenvalue weighted by Crippen LogP contribution is 2.29. The van der Waals surface area contributed by atoms with Crippen LogP contribution in [0.15, 0.2) is 24.3 Å². The van der Waals surface area contributed by atoms with Gasteiger partial charge in [-0.05, 0) is 49.4 Å². The van der Waals surface area contributed by atoms with Crippen LogP contribution < -0.4 is 10.1 Å². The molecule has 1 atom stereocenters. The minimum absolute atomic E-state index is 0.252. The van der Waals surface area contributed by atoms with Crippen LogP contribution in [0.4, 0.5) is 0 Å². The summed E-state index contributed by atoms with van der Waals surface area (Å²) in [6, 6.07) is 7.26. The number of carbonyl (C=O) groups excluding carboxylic acids is 1. The van der Waals surface area contributed by atoms with E-state index >= 15 is 0 Å². The molecular formula is C16H23NO3. The standard InChI is InChI=1S/C16H23NO3/c1-3-9-20-14-6-4-5-13(10-14)15(16(18)19-2)17-11-12-7-8-12/h4-6,10,12,15,17H,3,7-9,11H2,1-2H3. The second-order valence-electron chi connectivity index (χ2n) is 5.23. The van der Waals surface area contributed by atoms with E-state index in [0.717, 1.165) is 24.3 Å². The van der Waals surface area contributed by atoms with Gasteiger partial charge in [0.15, 0.2) is 0 Å². The molecule has 0 saturated heterocycles. The fourth-order valence-electron chi connectivity index (χ4n) is 2.07. The molecule has 0 aromatic heterocycles. The second-order valence-corrected chi connectivity index (χ2v) is 5.23. The molecule has 4 heteroatoms. The maximum atomic E-state index is 11.9. The van der Waals surface area contributed by atoms with Crippen molar-refractivity contribution < 1.29 is 14.3 Å². The quantitative estimate of drug-likeness (QED) is 0.742. The summed E-state index contributed by atoms with van der Waals surface area (Å²) in [6.45, 7) is 3.61. The van der Waals surface area contributed by atoms with Crippen LogP contribution in [-0.2, 0) is 9.53 Å². The van der Waals surface area contributed by atoms with Crippen LogP contribution in [0.25, 0.3) is 0 Å². The minimum atomic E-state index is -0.411. The van der Waals surface area contributed by atoms with Gasteiger partial charge in [0.25, 0.3) is 0 Å². The van der Waals surface area contributed by atoms with Crippen LogP contribution in [0.1, 0.15) is 37.8 Å². The first-order valence-electron chi connectivity index (χ1n) is 7.28. The zero-order valence-electron chi connectivity index (χ0n) is 12.2. The molecule has 1 saturated carbocycles. The smallest absolute Gasteiger partial charge is 0.327 e. The van der Waals surface area contributed by atoms with Gasteiger partial charge in [-0.2, -0.15) is 0 Å². The number of nitrogens with one attached hydrogen (secondary N) is 1. The third-order valence-electron chi connectivity index (χ3n) is 3.41. The molecule has 1 aliphatic carbocycles. The van der Waals surface area contributed by atoms with Gasteiger partial charge in [0, 0.05) is 0 Å². The summed E-state index contributed by atoms with van der Waals surface area (Å²) in [5.74, 6) is 1.26. The number of hydrogen-bond acceptors (Lipinski definition) is 4. The van der Waals surface area contributed by atoms with E-state index in [1.165, 1.54) is 20.0 Å². The Kier molecular flexibility index (Phi) is 5.41. The summed E-state index contributed by atoms with van der Waals surface area (Å²) in [7, 11) is 1.42. The molecule has 1 fully saturated rings. The normalized spacial score (nSPS) is 15.7. The van der Waals surface area contributed by atoms with Crippen molar-refractivity contribution in [2.75, 3.05) is 20.3 Å². The molecule has 0 amide bonds. The Labute approximate surface area is 120 Å². The van der Waals surface area contributed by atoms with Crippen LogP contribution in [0.5, 0.6) is 5.75 Å². The summed E-state index contributed by atoms with van der Waals surface area (Å²) >= 11 is 0. The predicted octanol–water partition coefficient (Wildman–Crippen LogP) is 2.69. The summed E-state index contributed by atoms with van der Waals surface area (Å²) in [5.41, 5.74) is 0.895. The van der Waals surface area contributed by atoms with Crippen LogP contribution in [0.2, 0.25) is 0 Å². The Bertz CT molecular complexity index is 443. The van der Waals surface area contributed by atoms with E-state index in [1.54, 1.807) is 0 Å². The average Bonchev–Trinajstić information content (AvgIpc) is 3.29. The monoisotopic (exact) mass is 277 g/mol. The van der Waals surface area contributed by atoms with E-state index in [9.17, 15) is 4.79 Å². The highest BCUT2D eigenvalue weighted by Gasteiger charge is 2.26. The highest BCUT2D eigenvalue weighted by molar-refractivity contribution is 5.77. The van der Waals surface area contributed by atoms with E-state index in [2.05, 4.69) is 12.2 Å². The molecule has 1 aliphatic rings. The lowest BCUT2D eigenvalue weighted by Crippen LogP contribution is -2.31. The van der Waals surface area contributed by atoms with Gasteiger partial charge in [-0.15, -0.1) is 0 Å². The largest absolute Gasteiger partial charge is 0.494 e. The van der Waals surface area contributed by atoms with E-state index < -0.39 is 6.04 Å². The Hall–Kier alpha value is -1.55. The topological polar surface area (TPSA) is 47.6 Å². The number of hydrogen-bond donors (Lipinski definition) is 1. The van der Waals surface area contributed by atoms with E-state index in [0.29, 0.717) is 12.5 Å². The van der Waals surface area contributed by atoms with Crippen molar-refractivity contribution in [3.63, 3.8) is 0 Å². The molecule has 110 valence electrons. The van der Waals surface area contributed by atoms with Gasteiger partial charge in [-0.3, -0.25) is 0 Å². The number of esters is 1. The molecule has 1 aromatic carbocycles. The van der Waals surface area contributed by atoms with Crippen molar-refractivity contribution in [2.45, 2.75) is 32.2 Å². The van der Waals surface area contributed by atoms with Gasteiger partial charge >= 0.3 is 5.97 Å². The first-order chi connectivity index (χ1) is 9.74. The summed E-state index contributed by atoms with van der Waals surface area (Å²) in [6.07, 6.45) is 3.46. The molecule has 1 unspecified atom stereocenters. The number of ether oxygens (including phenoxy) is 2. The molecule has 0 radical (unpaired) electrons. The molecule has 1 N–H and O–H groups in total. The maximum absolute atomic E-state index is 11.9. The zero-order chi connectivity index (χ0) is 14.4. The molecule has 0 heterocycles. The third-order valence-corrected chi connectivity index (χ3v) is 3.41. The minimum Gasteiger partial charge on any atom is -0.494 e. The summed E-state index contributed by atoms with van der Waals surface area (Å²) in [5, 5.41) is 3.30. The molecule has 1 aromatic rings. The molecule has 0 aliphatic heterocycles. The van der Waals surface area contributed by atoms with E-state index in [4.69, 9.17) is 9.47 Å². The van der Waals surface area contributed by atoms with Gasteiger partial charge in [0.2, 0.25) is 0 Å². The summed E-state index contributed by atoms with van der Waals surface area (Å²) < 4.78 is 10.5. The fraction of sp³-hybridized carbons (Fsp3) is 0.562. The van der Waals surface area contributed by atoms with Gasteiger partial charge < -0.3 is 14.8 Å². The van der Waals surface area contributed by atoms with Gasteiger partial charge in [-0.1, -0.05) is 19.1 Å². The molecule has 4 nitrogen and oxygen atoms in total. The Morgan fingerprint density at radius 3 is 2.90 bits per heavy atom. The van der Waals surface area contributed by atoms with Crippen molar-refractivity contribution in [3.8, 4) is 5.75 Å². The SMILES string of the molecule is CCCOc1cccc(C(NCC2CC2)C(=O)OC)c1. The van der Waals surface area contributed by atoms with Crippen LogP contribution >= 0.6 is 0 Å². The molecule has 20 heavy (non-hydrogen) atoms. The number of rotatable bonds is 8. The predicted molar refractivity (Wildman–Crippen MR) is 77.7 cm³/mol.